The summed E-state index contributed by atoms with van der Waals surface area (Å²) in [5, 5.41) is 58.0. The summed E-state index contributed by atoms with van der Waals surface area (Å²) in [4.78, 5) is 42.7. The molecule has 0 aliphatic rings. The van der Waals surface area contributed by atoms with Crippen LogP contribution in [0.25, 0.3) is 0 Å². The van der Waals surface area contributed by atoms with Crippen LogP contribution in [0.2, 0.25) is 0 Å². The molecule has 0 aliphatic carbocycles. The van der Waals surface area contributed by atoms with Crippen molar-refractivity contribution >= 4 is 61.6 Å². The Labute approximate surface area is 286 Å². The molecule has 0 aromatic heterocycles. The molecule has 0 spiro atoms. The number of aliphatic hydroxyl groups is 2. The number of hydrogen-bond acceptors (Lipinski definition) is 8. The fraction of sp³-hybridized carbons (Fsp3) is 0.733. The van der Waals surface area contributed by atoms with Gasteiger partial charge >= 0.3 is 49.7 Å². The van der Waals surface area contributed by atoms with Crippen LogP contribution in [0.4, 0.5) is 0 Å². The van der Waals surface area contributed by atoms with E-state index >= 15 is 0 Å². The molecular weight excluding hydrogens is 588 g/mol. The Morgan fingerprint density at radius 1 is 0.535 bits per heavy atom. The van der Waals surface area contributed by atoms with Gasteiger partial charge in [0.1, 0.15) is 0 Å². The molecule has 0 aliphatic heterocycles. The molecule has 0 heterocycles. The van der Waals surface area contributed by atoms with E-state index in [1.54, 1.807) is 0 Å². The number of allylic oxidation sites excluding steroid dienone is 2. The van der Waals surface area contributed by atoms with Crippen LogP contribution in [0, 0.1) is 0 Å². The zero-order valence-corrected chi connectivity index (χ0v) is 28.2. The first-order valence-electron chi connectivity index (χ1n) is 14.9. The summed E-state index contributed by atoms with van der Waals surface area (Å²) in [7, 11) is 0. The fourth-order valence-electron chi connectivity index (χ4n) is 4.60. The molecule has 0 saturated carbocycles. The third-order valence-corrected chi connectivity index (χ3v) is 7.36. The normalized spacial score (nSPS) is 13.3. The number of carboxylic acid groups (broad SMARTS) is 4. The van der Waals surface area contributed by atoms with E-state index in [4.69, 9.17) is 10.2 Å². The Morgan fingerprint density at radius 3 is 1.09 bits per heavy atom. The van der Waals surface area contributed by atoms with E-state index in [9.17, 15) is 39.6 Å². The van der Waals surface area contributed by atoms with E-state index in [2.05, 4.69) is 13.2 Å². The van der Waals surface area contributed by atoms with Gasteiger partial charge in [-0.15, -0.1) is 13.2 Å². The van der Waals surface area contributed by atoms with Crippen molar-refractivity contribution in [3.63, 3.8) is 0 Å². The quantitative estimate of drug-likeness (QED) is 0.0309. The van der Waals surface area contributed by atoms with Gasteiger partial charge < -0.3 is 49.2 Å². The van der Waals surface area contributed by atoms with Gasteiger partial charge in [-0.25, -0.2) is 0 Å². The van der Waals surface area contributed by atoms with E-state index in [-0.39, 0.29) is 112 Å². The Kier molecular flexibility index (Phi) is 31.1. The minimum absolute atomic E-state index is 0. The molecule has 0 radical (unpaired) electrons. The van der Waals surface area contributed by atoms with Crippen LogP contribution in [-0.4, -0.2) is 144 Å². The van der Waals surface area contributed by atoms with Crippen molar-refractivity contribution in [2.45, 2.75) is 89.9 Å². The molecule has 0 bridgehead atoms. The molecule has 0 aromatic rings. The van der Waals surface area contributed by atoms with Crippen LogP contribution < -0.4 is 10.2 Å². The number of carbonyl (C=O) groups is 4. The van der Waals surface area contributed by atoms with Crippen LogP contribution in [-0.2, 0) is 19.2 Å². The van der Waals surface area contributed by atoms with E-state index < -0.39 is 23.9 Å². The molecule has 4 N–H and O–H groups in total. The Hall–Kier alpha value is -1.54. The molecule has 0 fully saturated rings. The van der Waals surface area contributed by atoms with Crippen LogP contribution >= 0.6 is 0 Å². The summed E-state index contributed by atoms with van der Waals surface area (Å²) in [5.74, 6) is -4.23. The van der Waals surface area contributed by atoms with Crippen molar-refractivity contribution in [1.82, 2.24) is 0 Å². The van der Waals surface area contributed by atoms with E-state index in [0.29, 0.717) is 13.1 Å². The number of aliphatic carboxylic acids is 4. The van der Waals surface area contributed by atoms with Gasteiger partial charge in [0.15, 0.2) is 13.5 Å². The van der Waals surface area contributed by atoms with E-state index in [1.165, 1.54) is 0 Å². The number of aliphatic hydroxyl groups excluding tert-OH is 2. The number of carbonyl (C=O) groups excluding carboxylic acids is 2. The average Bonchev–Trinajstić information content (AvgIpc) is 2.95. The minimum atomic E-state index is -1.17. The molecule has 0 saturated heterocycles. The monoisotopic (exact) mass is 642 g/mol. The number of hydrogen-bond donors (Lipinski definition) is 4. The number of nitrogens with zero attached hydrogens (tertiary/aromatic N) is 2. The number of carboxylic acids is 4. The predicted octanol–water partition coefficient (Wildman–Crippen LogP) is 0.628. The SMILES string of the molecule is C=CCCCCCC[N+](CO)(CCC(=O)[O-])CCC(=O)O.C=CCCCCCC[N+](CO)(CCC(=O)[O-])CCC(=O)O.[Ca+2]. The summed E-state index contributed by atoms with van der Waals surface area (Å²) in [5.41, 5.74) is 0. The summed E-state index contributed by atoms with van der Waals surface area (Å²) < 4.78 is 0.226. The van der Waals surface area contributed by atoms with Crippen LogP contribution in [0.5, 0.6) is 0 Å². The first-order valence-corrected chi connectivity index (χ1v) is 14.9. The second kappa shape index (κ2) is 29.2. The molecule has 12 nitrogen and oxygen atoms in total. The van der Waals surface area contributed by atoms with Gasteiger partial charge in [-0.05, 0) is 51.4 Å². The van der Waals surface area contributed by atoms with Gasteiger partial charge in [0, 0.05) is 24.8 Å². The third-order valence-electron chi connectivity index (χ3n) is 7.36. The van der Waals surface area contributed by atoms with Crippen molar-refractivity contribution in [3.05, 3.63) is 25.3 Å². The smallest absolute Gasteiger partial charge is 0.550 e. The second-order valence-electron chi connectivity index (χ2n) is 10.8. The topological polar surface area (TPSA) is 195 Å². The first kappa shape index (κ1) is 45.9. The van der Waals surface area contributed by atoms with Crippen LogP contribution in [0.1, 0.15) is 89.9 Å². The maximum absolute atomic E-state index is 10.7. The molecule has 0 amide bonds. The standard InChI is InChI=1S/2C15H27NO5.Ca/c2*1-2-3-4-5-6-7-10-16(13-17,11-8-14(18)19)12-9-15(20)21;/h2*2,17H,1,3-13H2,(H-,18,19,20,21);/q;;+2. The number of rotatable bonds is 28. The van der Waals surface area contributed by atoms with Crippen molar-refractivity contribution in [2.75, 3.05) is 52.7 Å². The van der Waals surface area contributed by atoms with Gasteiger partial charge in [0.25, 0.3) is 0 Å². The summed E-state index contributed by atoms with van der Waals surface area (Å²) >= 11 is 0. The molecule has 2 unspecified atom stereocenters. The molecule has 43 heavy (non-hydrogen) atoms. The number of unbranched alkanes of at least 4 members (excludes halogenated alkanes) is 8. The van der Waals surface area contributed by atoms with Gasteiger partial charge in [-0.3, -0.25) is 9.59 Å². The fourth-order valence-corrected chi connectivity index (χ4v) is 4.60. The second-order valence-corrected chi connectivity index (χ2v) is 10.8. The summed E-state index contributed by atoms with van der Waals surface area (Å²) in [6.07, 6.45) is 13.1. The summed E-state index contributed by atoms with van der Waals surface area (Å²) in [6, 6.07) is 0. The zero-order valence-electron chi connectivity index (χ0n) is 26.0. The van der Waals surface area contributed by atoms with Crippen molar-refractivity contribution in [1.29, 1.82) is 0 Å². The third kappa shape index (κ3) is 27.7. The Bertz CT molecular complexity index is 695. The largest absolute Gasteiger partial charge is 2.00 e. The van der Waals surface area contributed by atoms with Gasteiger partial charge in [0.05, 0.1) is 52.1 Å². The van der Waals surface area contributed by atoms with Crippen LogP contribution in [0.3, 0.4) is 0 Å². The van der Waals surface area contributed by atoms with Gasteiger partial charge in [-0.2, -0.15) is 0 Å². The minimum Gasteiger partial charge on any atom is -0.550 e. The number of quaternary nitrogens is 2. The first-order chi connectivity index (χ1) is 19.9. The molecule has 0 rings (SSSR count). The van der Waals surface area contributed by atoms with Crippen LogP contribution in [0.15, 0.2) is 25.3 Å². The maximum Gasteiger partial charge on any atom is 2.00 e. The van der Waals surface area contributed by atoms with Crippen molar-refractivity contribution in [3.8, 4) is 0 Å². The predicted molar refractivity (Wildman–Crippen MR) is 160 cm³/mol. The van der Waals surface area contributed by atoms with Crippen molar-refractivity contribution in [2.24, 2.45) is 0 Å². The Morgan fingerprint density at radius 2 is 0.837 bits per heavy atom. The van der Waals surface area contributed by atoms with Crippen molar-refractivity contribution < 1.29 is 58.8 Å². The molecule has 0 aromatic carbocycles. The summed E-state index contributed by atoms with van der Waals surface area (Å²) in [6.45, 7) is 8.91. The van der Waals surface area contributed by atoms with Gasteiger partial charge in [0.2, 0.25) is 0 Å². The molecule has 2 atom stereocenters. The average molecular weight is 643 g/mol. The van der Waals surface area contributed by atoms with E-state index in [0.717, 1.165) is 64.2 Å². The maximum atomic E-state index is 10.7. The molecular formula is C30H54CaN2O10+2. The molecule has 244 valence electrons. The van der Waals surface area contributed by atoms with E-state index in [1.807, 2.05) is 12.2 Å². The zero-order chi connectivity index (χ0) is 32.3. The Balaban J connectivity index is -0.000000727. The molecule has 13 heteroatoms. The van der Waals surface area contributed by atoms with Gasteiger partial charge in [-0.1, -0.05) is 25.0 Å².